The zero-order chi connectivity index (χ0) is 13.7. The van der Waals surface area contributed by atoms with Crippen LogP contribution in [0, 0.1) is 6.92 Å². The first-order chi connectivity index (χ1) is 9.13. The second-order valence-electron chi connectivity index (χ2n) is 4.02. The molecule has 0 saturated carbocycles. The van der Waals surface area contributed by atoms with Gasteiger partial charge in [-0.1, -0.05) is 29.8 Å². The monoisotopic (exact) mass is 336 g/mol. The normalized spacial score (nSPS) is 10.0. The minimum Gasteiger partial charge on any atom is -0.358 e. The van der Waals surface area contributed by atoms with Crippen molar-refractivity contribution >= 4 is 39.1 Å². The van der Waals surface area contributed by atoms with Crippen LogP contribution in [0.2, 0.25) is 0 Å². The van der Waals surface area contributed by atoms with E-state index in [4.69, 9.17) is 12.2 Å². The zero-order valence-electron chi connectivity index (χ0n) is 10.4. The summed E-state index contributed by atoms with van der Waals surface area (Å²) in [6.45, 7) is 2.74. The topological polar surface area (TPSA) is 49.8 Å². The van der Waals surface area contributed by atoms with Gasteiger partial charge in [0.2, 0.25) is 0 Å². The third-order valence-electron chi connectivity index (χ3n) is 2.44. The Bertz CT molecular complexity index is 554. The Balaban J connectivity index is 1.84. The van der Waals surface area contributed by atoms with Crippen molar-refractivity contribution in [1.82, 2.24) is 15.3 Å². The van der Waals surface area contributed by atoms with Gasteiger partial charge in [0.25, 0.3) is 0 Å². The molecule has 1 heterocycles. The maximum Gasteiger partial charge on any atom is 0.172 e. The van der Waals surface area contributed by atoms with Gasteiger partial charge in [0.1, 0.15) is 4.60 Å². The molecular weight excluding hydrogens is 324 g/mol. The third-order valence-corrected chi connectivity index (χ3v) is 3.09. The zero-order valence-corrected chi connectivity index (χ0v) is 12.8. The molecule has 0 spiro atoms. The molecule has 98 valence electrons. The molecular formula is C13H13BrN4S. The Morgan fingerprint density at radius 3 is 2.58 bits per heavy atom. The molecule has 0 aliphatic heterocycles. The molecule has 0 aliphatic carbocycles. The molecule has 2 N–H and O–H groups in total. The summed E-state index contributed by atoms with van der Waals surface area (Å²) in [4.78, 5) is 8.20. The van der Waals surface area contributed by atoms with Crippen molar-refractivity contribution in [2.24, 2.45) is 0 Å². The number of nitrogens with zero attached hydrogens (tertiary/aromatic N) is 2. The fourth-order valence-electron chi connectivity index (χ4n) is 1.43. The number of benzene rings is 1. The van der Waals surface area contributed by atoms with E-state index in [1.807, 2.05) is 0 Å². The van der Waals surface area contributed by atoms with E-state index in [9.17, 15) is 0 Å². The van der Waals surface area contributed by atoms with E-state index in [2.05, 4.69) is 67.7 Å². The van der Waals surface area contributed by atoms with Crippen LogP contribution >= 0.6 is 28.1 Å². The average Bonchev–Trinajstić information content (AvgIpc) is 2.41. The fourth-order valence-corrected chi connectivity index (χ4v) is 1.81. The number of nitrogens with one attached hydrogen (secondary N) is 2. The van der Waals surface area contributed by atoms with Crippen LogP contribution in [0.25, 0.3) is 0 Å². The lowest BCUT2D eigenvalue weighted by Crippen LogP contribution is -2.28. The van der Waals surface area contributed by atoms with Gasteiger partial charge in [-0.3, -0.25) is 0 Å². The first-order valence-corrected chi connectivity index (χ1v) is 6.91. The minimum atomic E-state index is 0.525. The SMILES string of the molecule is Cc1ccc(CNC(=S)Nc2cnc(Br)cn2)cc1. The second-order valence-corrected chi connectivity index (χ2v) is 5.24. The van der Waals surface area contributed by atoms with Gasteiger partial charge in [-0.15, -0.1) is 0 Å². The minimum absolute atomic E-state index is 0.525. The van der Waals surface area contributed by atoms with E-state index in [0.717, 1.165) is 0 Å². The van der Waals surface area contributed by atoms with Crippen molar-refractivity contribution in [2.75, 3.05) is 5.32 Å². The number of thiocarbonyl (C=S) groups is 1. The number of aromatic nitrogens is 2. The molecule has 0 bridgehead atoms. The van der Waals surface area contributed by atoms with Gasteiger partial charge < -0.3 is 10.6 Å². The number of rotatable bonds is 3. The maximum atomic E-state index is 5.19. The van der Waals surface area contributed by atoms with E-state index >= 15 is 0 Å². The molecule has 6 heteroatoms. The molecule has 0 aliphatic rings. The predicted octanol–water partition coefficient (Wildman–Crippen LogP) is 3.03. The van der Waals surface area contributed by atoms with E-state index in [1.54, 1.807) is 12.4 Å². The Morgan fingerprint density at radius 2 is 1.95 bits per heavy atom. The van der Waals surface area contributed by atoms with E-state index in [-0.39, 0.29) is 0 Å². The lowest BCUT2D eigenvalue weighted by atomic mass is 10.1. The van der Waals surface area contributed by atoms with Gasteiger partial charge in [0.05, 0.1) is 12.4 Å². The molecule has 0 fully saturated rings. The summed E-state index contributed by atoms with van der Waals surface area (Å²) in [5.41, 5.74) is 2.42. The molecule has 19 heavy (non-hydrogen) atoms. The van der Waals surface area contributed by atoms with Crippen LogP contribution in [0.1, 0.15) is 11.1 Å². The molecule has 1 aromatic heterocycles. The quantitative estimate of drug-likeness (QED) is 0.843. The van der Waals surface area contributed by atoms with Gasteiger partial charge in [-0.2, -0.15) is 0 Å². The molecule has 0 saturated heterocycles. The highest BCUT2D eigenvalue weighted by Gasteiger charge is 1.99. The van der Waals surface area contributed by atoms with Gasteiger partial charge in [-0.25, -0.2) is 9.97 Å². The molecule has 2 aromatic rings. The van der Waals surface area contributed by atoms with Crippen LogP contribution < -0.4 is 10.6 Å². The van der Waals surface area contributed by atoms with Crippen molar-refractivity contribution in [3.63, 3.8) is 0 Å². The summed E-state index contributed by atoms with van der Waals surface area (Å²) >= 11 is 8.42. The van der Waals surface area contributed by atoms with Crippen LogP contribution in [0.3, 0.4) is 0 Å². The lowest BCUT2D eigenvalue weighted by molar-refractivity contribution is 0.923. The summed E-state index contributed by atoms with van der Waals surface area (Å²) < 4.78 is 0.691. The highest BCUT2D eigenvalue weighted by Crippen LogP contribution is 2.06. The highest BCUT2D eigenvalue weighted by molar-refractivity contribution is 9.10. The van der Waals surface area contributed by atoms with Crippen LogP contribution in [-0.4, -0.2) is 15.1 Å². The lowest BCUT2D eigenvalue weighted by Gasteiger charge is -2.09. The first-order valence-electron chi connectivity index (χ1n) is 5.71. The summed E-state index contributed by atoms with van der Waals surface area (Å²) in [7, 11) is 0. The predicted molar refractivity (Wildman–Crippen MR) is 84.0 cm³/mol. The molecule has 4 nitrogen and oxygen atoms in total. The highest BCUT2D eigenvalue weighted by atomic mass is 79.9. The molecule has 0 atom stereocenters. The van der Waals surface area contributed by atoms with E-state index in [1.165, 1.54) is 11.1 Å². The molecule has 2 rings (SSSR count). The summed E-state index contributed by atoms with van der Waals surface area (Å²) in [6.07, 6.45) is 3.23. The Kier molecular flexibility index (Phi) is 4.81. The smallest absolute Gasteiger partial charge is 0.172 e. The van der Waals surface area contributed by atoms with Crippen LogP contribution in [0.5, 0.6) is 0 Å². The van der Waals surface area contributed by atoms with Crippen molar-refractivity contribution < 1.29 is 0 Å². The third kappa shape index (κ3) is 4.57. The summed E-state index contributed by atoms with van der Waals surface area (Å²) in [5, 5.41) is 6.62. The molecule has 0 amide bonds. The van der Waals surface area contributed by atoms with Crippen molar-refractivity contribution in [3.8, 4) is 0 Å². The maximum absolute atomic E-state index is 5.19. The first kappa shape index (κ1) is 13.9. The Morgan fingerprint density at radius 1 is 1.21 bits per heavy atom. The van der Waals surface area contributed by atoms with Gasteiger partial charge in [0, 0.05) is 6.54 Å². The largest absolute Gasteiger partial charge is 0.358 e. The number of anilines is 1. The van der Waals surface area contributed by atoms with Crippen LogP contribution in [0.15, 0.2) is 41.3 Å². The van der Waals surface area contributed by atoms with Gasteiger partial charge in [-0.05, 0) is 40.6 Å². The molecule has 0 radical (unpaired) electrons. The number of hydrogen-bond donors (Lipinski definition) is 2. The number of hydrogen-bond acceptors (Lipinski definition) is 3. The Hall–Kier alpha value is -1.53. The van der Waals surface area contributed by atoms with Crippen molar-refractivity contribution in [3.05, 3.63) is 52.4 Å². The van der Waals surface area contributed by atoms with Crippen LogP contribution in [-0.2, 0) is 6.54 Å². The molecule has 0 unspecified atom stereocenters. The Labute approximate surface area is 125 Å². The van der Waals surface area contributed by atoms with E-state index < -0.39 is 0 Å². The second kappa shape index (κ2) is 6.58. The fraction of sp³-hybridized carbons (Fsp3) is 0.154. The van der Waals surface area contributed by atoms with Gasteiger partial charge in [0.15, 0.2) is 10.9 Å². The summed E-state index contributed by atoms with van der Waals surface area (Å²) in [6, 6.07) is 8.30. The standard InChI is InChI=1S/C13H13BrN4S/c1-9-2-4-10(5-3-9)6-17-13(19)18-12-8-15-11(14)7-16-12/h2-5,7-8H,6H2,1H3,(H2,16,17,18,19). The van der Waals surface area contributed by atoms with E-state index in [0.29, 0.717) is 22.1 Å². The van der Waals surface area contributed by atoms with Crippen LogP contribution in [0.4, 0.5) is 5.82 Å². The van der Waals surface area contributed by atoms with Crippen molar-refractivity contribution in [2.45, 2.75) is 13.5 Å². The number of halogens is 1. The molecule has 1 aromatic carbocycles. The average molecular weight is 337 g/mol. The summed E-state index contributed by atoms with van der Waals surface area (Å²) in [5.74, 6) is 0.615. The number of aryl methyl sites for hydroxylation is 1. The van der Waals surface area contributed by atoms with Crippen molar-refractivity contribution in [1.29, 1.82) is 0 Å². The van der Waals surface area contributed by atoms with Gasteiger partial charge >= 0.3 is 0 Å².